The van der Waals surface area contributed by atoms with Crippen LogP contribution in [0.1, 0.15) is 11.1 Å². The van der Waals surface area contributed by atoms with Crippen LogP contribution in [0.25, 0.3) is 10.8 Å². The van der Waals surface area contributed by atoms with E-state index in [9.17, 15) is 0 Å². The van der Waals surface area contributed by atoms with E-state index in [1.54, 1.807) is 6.21 Å². The van der Waals surface area contributed by atoms with Gasteiger partial charge in [-0.1, -0.05) is 78.0 Å². The average Bonchev–Trinajstić information content (AvgIpc) is 2.53. The zero-order valence-corrected chi connectivity index (χ0v) is 11.1. The molecule has 2 nitrogen and oxygen atoms in total. The summed E-state index contributed by atoms with van der Waals surface area (Å²) in [5, 5.41) is 6.45. The van der Waals surface area contributed by atoms with Gasteiger partial charge < -0.3 is 4.84 Å². The fourth-order valence-corrected chi connectivity index (χ4v) is 2.14. The van der Waals surface area contributed by atoms with Gasteiger partial charge in [0.25, 0.3) is 0 Å². The number of nitrogens with zero attached hydrogens (tertiary/aromatic N) is 1. The summed E-state index contributed by atoms with van der Waals surface area (Å²) in [7, 11) is 0. The SMILES string of the molecule is C(=N/OCc1ccccc1)/c1cccc2ccccc12. The van der Waals surface area contributed by atoms with Crippen molar-refractivity contribution >= 4 is 17.0 Å². The first kappa shape index (κ1) is 12.4. The lowest BCUT2D eigenvalue weighted by Crippen LogP contribution is -1.88. The van der Waals surface area contributed by atoms with E-state index in [2.05, 4.69) is 23.4 Å². The topological polar surface area (TPSA) is 21.6 Å². The molecule has 0 saturated heterocycles. The quantitative estimate of drug-likeness (QED) is 0.504. The summed E-state index contributed by atoms with van der Waals surface area (Å²) in [6.45, 7) is 0.488. The molecule has 0 saturated carbocycles. The van der Waals surface area contributed by atoms with E-state index in [1.165, 1.54) is 10.8 Å². The zero-order valence-electron chi connectivity index (χ0n) is 11.1. The maximum absolute atomic E-state index is 5.34. The highest BCUT2D eigenvalue weighted by Crippen LogP contribution is 2.16. The molecule has 3 aromatic rings. The number of rotatable bonds is 4. The van der Waals surface area contributed by atoms with Crippen LogP contribution in [0.4, 0.5) is 0 Å². The van der Waals surface area contributed by atoms with Crippen molar-refractivity contribution in [3.63, 3.8) is 0 Å². The van der Waals surface area contributed by atoms with Crippen molar-refractivity contribution in [1.29, 1.82) is 0 Å². The standard InChI is InChI=1S/C18H15NO/c1-2-7-15(8-3-1)14-20-19-13-17-11-6-10-16-9-4-5-12-18(16)17/h1-13H,14H2/b19-13-. The summed E-state index contributed by atoms with van der Waals surface area (Å²) < 4.78 is 0. The lowest BCUT2D eigenvalue weighted by atomic mass is 10.1. The van der Waals surface area contributed by atoms with Gasteiger partial charge in [-0.05, 0) is 16.3 Å². The molecule has 3 aromatic carbocycles. The molecular weight excluding hydrogens is 246 g/mol. The van der Waals surface area contributed by atoms with Gasteiger partial charge in [0.2, 0.25) is 0 Å². The van der Waals surface area contributed by atoms with Gasteiger partial charge >= 0.3 is 0 Å². The second-order valence-electron chi connectivity index (χ2n) is 4.56. The van der Waals surface area contributed by atoms with Crippen LogP contribution in [0.3, 0.4) is 0 Å². The number of oxime groups is 1. The Kier molecular flexibility index (Phi) is 3.74. The van der Waals surface area contributed by atoms with Crippen LogP contribution in [0.15, 0.2) is 78.0 Å². The molecule has 0 spiro atoms. The maximum atomic E-state index is 5.34. The maximum Gasteiger partial charge on any atom is 0.142 e. The highest BCUT2D eigenvalue weighted by Gasteiger charge is 1.97. The molecule has 0 aliphatic rings. The van der Waals surface area contributed by atoms with Gasteiger partial charge in [-0.25, -0.2) is 0 Å². The summed E-state index contributed by atoms with van der Waals surface area (Å²) in [5.74, 6) is 0. The third-order valence-corrected chi connectivity index (χ3v) is 3.16. The predicted octanol–water partition coefficient (Wildman–Crippen LogP) is 4.39. The minimum absolute atomic E-state index is 0.488. The molecule has 0 aliphatic heterocycles. The Morgan fingerprint density at radius 3 is 2.45 bits per heavy atom. The molecule has 0 atom stereocenters. The summed E-state index contributed by atoms with van der Waals surface area (Å²) in [4.78, 5) is 5.34. The Balaban J connectivity index is 1.72. The van der Waals surface area contributed by atoms with E-state index in [-0.39, 0.29) is 0 Å². The molecule has 0 heterocycles. The number of benzene rings is 3. The van der Waals surface area contributed by atoms with Crippen LogP contribution in [0.2, 0.25) is 0 Å². The van der Waals surface area contributed by atoms with Gasteiger partial charge in [-0.15, -0.1) is 0 Å². The summed E-state index contributed by atoms with van der Waals surface area (Å²) in [5.41, 5.74) is 2.18. The highest BCUT2D eigenvalue weighted by atomic mass is 16.6. The molecule has 0 aliphatic carbocycles. The fourth-order valence-electron chi connectivity index (χ4n) is 2.14. The normalized spacial score (nSPS) is 11.0. The Morgan fingerprint density at radius 1 is 0.800 bits per heavy atom. The van der Waals surface area contributed by atoms with Gasteiger partial charge in [-0.3, -0.25) is 0 Å². The third-order valence-electron chi connectivity index (χ3n) is 3.16. The molecule has 20 heavy (non-hydrogen) atoms. The van der Waals surface area contributed by atoms with Crippen LogP contribution < -0.4 is 0 Å². The zero-order chi connectivity index (χ0) is 13.6. The van der Waals surface area contributed by atoms with E-state index < -0.39 is 0 Å². The third kappa shape index (κ3) is 2.86. The van der Waals surface area contributed by atoms with E-state index in [4.69, 9.17) is 4.84 Å². The second kappa shape index (κ2) is 6.02. The molecular formula is C18H15NO. The Morgan fingerprint density at radius 2 is 1.55 bits per heavy atom. The molecule has 0 unspecified atom stereocenters. The fraction of sp³-hybridized carbons (Fsp3) is 0.0556. The minimum atomic E-state index is 0.488. The van der Waals surface area contributed by atoms with Gasteiger partial charge in [0.1, 0.15) is 6.61 Å². The highest BCUT2D eigenvalue weighted by molar-refractivity contribution is 5.99. The first-order chi connectivity index (χ1) is 9.93. The van der Waals surface area contributed by atoms with Crippen molar-refractivity contribution in [3.8, 4) is 0 Å². The van der Waals surface area contributed by atoms with Gasteiger partial charge in [0, 0.05) is 5.56 Å². The molecule has 0 radical (unpaired) electrons. The van der Waals surface area contributed by atoms with Crippen LogP contribution in [0, 0.1) is 0 Å². The first-order valence-electron chi connectivity index (χ1n) is 6.60. The lowest BCUT2D eigenvalue weighted by molar-refractivity contribution is 0.132. The average molecular weight is 261 g/mol. The molecule has 0 amide bonds. The Hall–Kier alpha value is -2.61. The predicted molar refractivity (Wildman–Crippen MR) is 82.8 cm³/mol. The summed E-state index contributed by atoms with van der Waals surface area (Å²) in [6, 6.07) is 24.4. The van der Waals surface area contributed by atoms with Crippen LogP contribution in [-0.4, -0.2) is 6.21 Å². The first-order valence-corrected chi connectivity index (χ1v) is 6.60. The molecule has 2 heteroatoms. The second-order valence-corrected chi connectivity index (χ2v) is 4.56. The number of fused-ring (bicyclic) bond motifs is 1. The Labute approximate surface area is 118 Å². The molecule has 0 N–H and O–H groups in total. The van der Waals surface area contributed by atoms with Crippen molar-refractivity contribution < 1.29 is 4.84 Å². The summed E-state index contributed by atoms with van der Waals surface area (Å²) >= 11 is 0. The van der Waals surface area contributed by atoms with Crippen LogP contribution in [-0.2, 0) is 11.4 Å². The van der Waals surface area contributed by atoms with E-state index >= 15 is 0 Å². The molecule has 98 valence electrons. The van der Waals surface area contributed by atoms with Gasteiger partial charge in [-0.2, -0.15) is 0 Å². The minimum Gasteiger partial charge on any atom is -0.391 e. The van der Waals surface area contributed by atoms with Crippen molar-refractivity contribution in [2.75, 3.05) is 0 Å². The van der Waals surface area contributed by atoms with Crippen LogP contribution in [0.5, 0.6) is 0 Å². The summed E-state index contributed by atoms with van der Waals surface area (Å²) in [6.07, 6.45) is 1.77. The molecule has 0 fully saturated rings. The molecule has 0 bridgehead atoms. The van der Waals surface area contributed by atoms with E-state index in [1.807, 2.05) is 54.6 Å². The van der Waals surface area contributed by atoms with Crippen LogP contribution >= 0.6 is 0 Å². The van der Waals surface area contributed by atoms with Crippen molar-refractivity contribution in [2.45, 2.75) is 6.61 Å². The Bertz CT molecular complexity index is 714. The van der Waals surface area contributed by atoms with E-state index in [0.717, 1.165) is 11.1 Å². The van der Waals surface area contributed by atoms with Crippen molar-refractivity contribution in [3.05, 3.63) is 83.9 Å². The number of hydrogen-bond donors (Lipinski definition) is 0. The largest absolute Gasteiger partial charge is 0.391 e. The van der Waals surface area contributed by atoms with Gasteiger partial charge in [0.05, 0.1) is 6.21 Å². The van der Waals surface area contributed by atoms with Crippen molar-refractivity contribution in [2.24, 2.45) is 5.16 Å². The molecule has 0 aromatic heterocycles. The van der Waals surface area contributed by atoms with E-state index in [0.29, 0.717) is 6.61 Å². The number of hydrogen-bond acceptors (Lipinski definition) is 2. The lowest BCUT2D eigenvalue weighted by Gasteiger charge is -2.02. The monoisotopic (exact) mass is 261 g/mol. The molecule has 3 rings (SSSR count). The van der Waals surface area contributed by atoms with Crippen molar-refractivity contribution in [1.82, 2.24) is 0 Å². The smallest absolute Gasteiger partial charge is 0.142 e. The van der Waals surface area contributed by atoms with Gasteiger partial charge in [0.15, 0.2) is 0 Å².